The number of anilines is 1. The van der Waals surface area contributed by atoms with Gasteiger partial charge in [-0.05, 0) is 42.5 Å². The summed E-state index contributed by atoms with van der Waals surface area (Å²) in [6, 6.07) is 8.29. The summed E-state index contributed by atoms with van der Waals surface area (Å²) in [6.45, 7) is 0. The van der Waals surface area contributed by atoms with Crippen LogP contribution in [0, 0.1) is 0 Å². The van der Waals surface area contributed by atoms with E-state index in [0.717, 1.165) is 18.4 Å². The quantitative estimate of drug-likeness (QED) is 0.627. The molecule has 0 fully saturated rings. The number of nitrogens with one attached hydrogen (secondary N) is 1. The van der Waals surface area contributed by atoms with E-state index in [9.17, 15) is 23.1 Å². The fourth-order valence-corrected chi connectivity index (χ4v) is 2.28. The molecule has 0 aliphatic heterocycles. The Bertz CT molecular complexity index is 953. The number of oxazole rings is 1. The van der Waals surface area contributed by atoms with Gasteiger partial charge in [-0.3, -0.25) is 4.79 Å². The van der Waals surface area contributed by atoms with Crippen LogP contribution in [0.1, 0.15) is 16.1 Å². The van der Waals surface area contributed by atoms with Crippen LogP contribution in [0.3, 0.4) is 0 Å². The molecular weight excluding hydrogens is 373 g/mol. The molecule has 0 saturated carbocycles. The summed E-state index contributed by atoms with van der Waals surface area (Å²) in [5.41, 5.74) is -0.550. The second-order valence-electron chi connectivity index (χ2n) is 5.23. The number of alkyl halides is 3. The molecule has 3 rings (SSSR count). The molecule has 0 spiro atoms. The van der Waals surface area contributed by atoms with Gasteiger partial charge in [0, 0.05) is 10.6 Å². The van der Waals surface area contributed by atoms with E-state index in [2.05, 4.69) is 10.3 Å². The summed E-state index contributed by atoms with van der Waals surface area (Å²) in [5, 5.41) is 12.4. The van der Waals surface area contributed by atoms with Gasteiger partial charge in [0.1, 0.15) is 12.0 Å². The van der Waals surface area contributed by atoms with Gasteiger partial charge < -0.3 is 14.8 Å². The average molecular weight is 383 g/mol. The molecule has 0 saturated heterocycles. The normalized spacial score (nSPS) is 11.4. The minimum absolute atomic E-state index is 0.0146. The van der Waals surface area contributed by atoms with Gasteiger partial charge in [0.15, 0.2) is 5.69 Å². The Kier molecular flexibility index (Phi) is 4.60. The monoisotopic (exact) mass is 382 g/mol. The van der Waals surface area contributed by atoms with Gasteiger partial charge in [-0.25, -0.2) is 4.98 Å². The van der Waals surface area contributed by atoms with Crippen molar-refractivity contribution >= 4 is 23.2 Å². The predicted molar refractivity (Wildman–Crippen MR) is 88.0 cm³/mol. The van der Waals surface area contributed by atoms with E-state index in [1.165, 1.54) is 30.3 Å². The number of nitrogens with zero attached hydrogens (tertiary/aromatic N) is 1. The van der Waals surface area contributed by atoms with E-state index < -0.39 is 17.6 Å². The number of carbonyl (C=O) groups excluding carboxylic acids is 1. The Labute approximate surface area is 150 Å². The van der Waals surface area contributed by atoms with Crippen molar-refractivity contribution in [3.63, 3.8) is 0 Å². The Morgan fingerprint density at radius 1 is 1.15 bits per heavy atom. The number of phenolic OH excluding ortho intramolecular Hbond substituents is 1. The van der Waals surface area contributed by atoms with Crippen LogP contribution in [0.4, 0.5) is 18.9 Å². The summed E-state index contributed by atoms with van der Waals surface area (Å²) < 4.78 is 42.9. The van der Waals surface area contributed by atoms with Gasteiger partial charge in [0.2, 0.25) is 5.89 Å². The van der Waals surface area contributed by atoms with E-state index in [0.29, 0.717) is 5.02 Å². The van der Waals surface area contributed by atoms with Crippen molar-refractivity contribution in [1.82, 2.24) is 4.98 Å². The van der Waals surface area contributed by atoms with E-state index in [4.69, 9.17) is 16.0 Å². The maximum atomic E-state index is 12.6. The van der Waals surface area contributed by atoms with Gasteiger partial charge in [-0.2, -0.15) is 13.2 Å². The third-order valence-corrected chi connectivity index (χ3v) is 3.64. The second kappa shape index (κ2) is 6.72. The van der Waals surface area contributed by atoms with Crippen molar-refractivity contribution in [2.45, 2.75) is 6.18 Å². The fourth-order valence-electron chi connectivity index (χ4n) is 2.11. The second-order valence-corrected chi connectivity index (χ2v) is 5.67. The number of phenols is 1. The lowest BCUT2D eigenvalue weighted by Gasteiger charge is -2.06. The molecule has 1 heterocycles. The Morgan fingerprint density at radius 2 is 1.85 bits per heavy atom. The molecule has 3 aromatic rings. The summed E-state index contributed by atoms with van der Waals surface area (Å²) in [7, 11) is 0. The van der Waals surface area contributed by atoms with Crippen molar-refractivity contribution < 1.29 is 27.5 Å². The number of benzene rings is 2. The van der Waals surface area contributed by atoms with Crippen LogP contribution in [0.25, 0.3) is 11.5 Å². The topological polar surface area (TPSA) is 75.4 Å². The number of aromatic hydroxyl groups is 1. The fraction of sp³-hybridized carbons (Fsp3) is 0.0588. The summed E-state index contributed by atoms with van der Waals surface area (Å²) in [5.74, 6) is -0.877. The van der Waals surface area contributed by atoms with Gasteiger partial charge in [0.05, 0.1) is 11.3 Å². The molecule has 9 heteroatoms. The number of hydrogen-bond acceptors (Lipinski definition) is 4. The van der Waals surface area contributed by atoms with Crippen molar-refractivity contribution in [3.8, 4) is 17.2 Å². The Hall–Kier alpha value is -3.00. The molecule has 1 aromatic heterocycles. The first kappa shape index (κ1) is 17.8. The van der Waals surface area contributed by atoms with Crippen molar-refractivity contribution in [3.05, 3.63) is 65.0 Å². The highest BCUT2D eigenvalue weighted by atomic mass is 35.5. The molecule has 0 aliphatic carbocycles. The highest BCUT2D eigenvalue weighted by Gasteiger charge is 2.30. The van der Waals surface area contributed by atoms with Crippen LogP contribution >= 0.6 is 11.6 Å². The maximum absolute atomic E-state index is 12.6. The first-order chi connectivity index (χ1) is 12.2. The molecule has 0 radical (unpaired) electrons. The van der Waals surface area contributed by atoms with Gasteiger partial charge in [-0.1, -0.05) is 11.6 Å². The number of hydrogen-bond donors (Lipinski definition) is 2. The Balaban J connectivity index is 1.79. The SMILES string of the molecule is O=C(Nc1cc(Cl)ccc1O)c1coc(-c2ccc(C(F)(F)F)cc2)n1. The van der Waals surface area contributed by atoms with Crippen LogP contribution in [-0.4, -0.2) is 16.0 Å². The zero-order valence-corrected chi connectivity index (χ0v) is 13.6. The molecule has 0 bridgehead atoms. The van der Waals surface area contributed by atoms with E-state index in [-0.39, 0.29) is 28.6 Å². The number of rotatable bonds is 3. The molecule has 1 amide bonds. The first-order valence-electron chi connectivity index (χ1n) is 7.17. The van der Waals surface area contributed by atoms with Gasteiger partial charge in [0.25, 0.3) is 5.91 Å². The van der Waals surface area contributed by atoms with Crippen molar-refractivity contribution in [1.29, 1.82) is 0 Å². The minimum atomic E-state index is -4.45. The molecule has 134 valence electrons. The molecule has 2 N–H and O–H groups in total. The van der Waals surface area contributed by atoms with Crippen LogP contribution in [0.15, 0.2) is 53.1 Å². The number of halogens is 4. The third kappa shape index (κ3) is 3.80. The Morgan fingerprint density at radius 3 is 2.50 bits per heavy atom. The zero-order valence-electron chi connectivity index (χ0n) is 12.8. The lowest BCUT2D eigenvalue weighted by molar-refractivity contribution is -0.137. The van der Waals surface area contributed by atoms with Crippen LogP contribution in [-0.2, 0) is 6.18 Å². The van der Waals surface area contributed by atoms with E-state index in [1.807, 2.05) is 0 Å². The summed E-state index contributed by atoms with van der Waals surface area (Å²) in [4.78, 5) is 16.1. The van der Waals surface area contributed by atoms with Crippen LogP contribution < -0.4 is 5.32 Å². The lowest BCUT2D eigenvalue weighted by atomic mass is 10.1. The third-order valence-electron chi connectivity index (χ3n) is 3.40. The molecular formula is C17H10ClF3N2O3. The maximum Gasteiger partial charge on any atom is 0.416 e. The smallest absolute Gasteiger partial charge is 0.416 e. The molecule has 0 aliphatic rings. The predicted octanol–water partition coefficient (Wildman–Crippen LogP) is 4.97. The molecule has 26 heavy (non-hydrogen) atoms. The van der Waals surface area contributed by atoms with Crippen LogP contribution in [0.2, 0.25) is 5.02 Å². The molecule has 0 atom stereocenters. The van der Waals surface area contributed by atoms with Crippen LogP contribution in [0.5, 0.6) is 5.75 Å². The van der Waals surface area contributed by atoms with Gasteiger partial charge >= 0.3 is 6.18 Å². The van der Waals surface area contributed by atoms with E-state index >= 15 is 0 Å². The first-order valence-corrected chi connectivity index (χ1v) is 7.55. The lowest BCUT2D eigenvalue weighted by Crippen LogP contribution is -2.12. The highest BCUT2D eigenvalue weighted by Crippen LogP contribution is 2.31. The molecule has 0 unspecified atom stereocenters. The van der Waals surface area contributed by atoms with E-state index in [1.54, 1.807) is 0 Å². The molecule has 2 aromatic carbocycles. The average Bonchev–Trinajstić information content (AvgIpc) is 3.08. The minimum Gasteiger partial charge on any atom is -0.506 e. The van der Waals surface area contributed by atoms with Crippen molar-refractivity contribution in [2.24, 2.45) is 0 Å². The van der Waals surface area contributed by atoms with Crippen molar-refractivity contribution in [2.75, 3.05) is 5.32 Å². The molecule has 5 nitrogen and oxygen atoms in total. The largest absolute Gasteiger partial charge is 0.506 e. The summed E-state index contributed by atoms with van der Waals surface area (Å²) in [6.07, 6.45) is -3.39. The highest BCUT2D eigenvalue weighted by molar-refractivity contribution is 6.31. The summed E-state index contributed by atoms with van der Waals surface area (Å²) >= 11 is 5.80. The van der Waals surface area contributed by atoms with Gasteiger partial charge in [-0.15, -0.1) is 0 Å². The zero-order chi connectivity index (χ0) is 18.9. The number of carbonyl (C=O) groups is 1. The number of aromatic nitrogens is 1. The number of amides is 1. The standard InChI is InChI=1S/C17H10ClF3N2O3/c18-11-5-6-14(24)12(7-11)22-15(25)13-8-26-16(23-13)9-1-3-10(4-2-9)17(19,20)21/h1-8,24H,(H,22,25).